The third kappa shape index (κ3) is 5.74. The molecule has 0 amide bonds. The van der Waals surface area contributed by atoms with Crippen molar-refractivity contribution >= 4 is 28.9 Å². The molecule has 0 spiro atoms. The number of aromatic nitrogens is 3. The second kappa shape index (κ2) is 11.1. The molecule has 10 heteroatoms. The van der Waals surface area contributed by atoms with Gasteiger partial charge in [-0.3, -0.25) is 10.1 Å². The summed E-state index contributed by atoms with van der Waals surface area (Å²) in [6, 6.07) is 18.9. The second-order valence-electron chi connectivity index (χ2n) is 9.24. The Hall–Kier alpha value is -4.08. The average Bonchev–Trinajstić information content (AvgIpc) is 2.93. The van der Waals surface area contributed by atoms with Crippen molar-refractivity contribution in [1.82, 2.24) is 20.3 Å². The van der Waals surface area contributed by atoms with Crippen LogP contribution in [0.2, 0.25) is 5.02 Å². The van der Waals surface area contributed by atoms with Crippen LogP contribution in [0, 0.1) is 17.0 Å². The summed E-state index contributed by atoms with van der Waals surface area (Å²) in [5, 5.41) is 18.2. The van der Waals surface area contributed by atoms with Crippen LogP contribution < -0.4 is 15.5 Å². The first kappa shape index (κ1) is 25.6. The van der Waals surface area contributed by atoms with Crippen LogP contribution >= 0.6 is 11.6 Å². The molecule has 194 valence electrons. The number of nitro benzene ring substituents is 1. The summed E-state index contributed by atoms with van der Waals surface area (Å²) in [5.74, 6) is 2.19. The minimum atomic E-state index is -0.498. The molecule has 0 unspecified atom stereocenters. The molecule has 1 aliphatic heterocycles. The van der Waals surface area contributed by atoms with E-state index < -0.39 is 4.92 Å². The molecule has 2 aromatic heterocycles. The van der Waals surface area contributed by atoms with Gasteiger partial charge in [0.25, 0.3) is 5.69 Å². The first-order valence-corrected chi connectivity index (χ1v) is 12.8. The quantitative estimate of drug-likeness (QED) is 0.233. The molecule has 38 heavy (non-hydrogen) atoms. The number of benzene rings is 2. The number of pyridine rings is 1. The lowest BCUT2D eigenvalue weighted by Gasteiger charge is -2.28. The third-order valence-electron chi connectivity index (χ3n) is 6.55. The molecule has 0 radical (unpaired) electrons. The minimum Gasteiger partial charge on any atom is -0.363 e. The van der Waals surface area contributed by atoms with Crippen molar-refractivity contribution in [2.24, 2.45) is 0 Å². The standard InChI is InChI=1S/C28H28ClN7O2/c1-18(32-27-16-25(33-19(2)34-27)22-6-8-24(29)26(15-22)36(37)38)20-4-3-5-21(14-20)23-7-9-28(31-17-23)35-12-10-30-11-13-35/h3-9,14-18,30H,10-13H2,1-2H3,(H,32,33,34)/t18-/m0/s1. The van der Waals surface area contributed by atoms with Gasteiger partial charge in [-0.2, -0.15) is 0 Å². The fourth-order valence-corrected chi connectivity index (χ4v) is 4.72. The van der Waals surface area contributed by atoms with Crippen LogP contribution in [0.1, 0.15) is 24.4 Å². The van der Waals surface area contributed by atoms with E-state index in [1.165, 1.54) is 12.1 Å². The smallest absolute Gasteiger partial charge is 0.288 e. The van der Waals surface area contributed by atoms with E-state index in [-0.39, 0.29) is 16.8 Å². The molecule has 5 rings (SSSR count). The summed E-state index contributed by atoms with van der Waals surface area (Å²) in [7, 11) is 0. The number of rotatable bonds is 7. The van der Waals surface area contributed by atoms with Gasteiger partial charge >= 0.3 is 0 Å². The highest BCUT2D eigenvalue weighted by Gasteiger charge is 2.16. The molecule has 0 saturated carbocycles. The number of hydrogen-bond acceptors (Lipinski definition) is 8. The summed E-state index contributed by atoms with van der Waals surface area (Å²) >= 11 is 5.98. The topological polar surface area (TPSA) is 109 Å². The van der Waals surface area contributed by atoms with Crippen LogP contribution in [0.5, 0.6) is 0 Å². The second-order valence-corrected chi connectivity index (χ2v) is 9.65. The average molecular weight is 530 g/mol. The highest BCUT2D eigenvalue weighted by molar-refractivity contribution is 6.32. The fraction of sp³-hybridized carbons (Fsp3) is 0.250. The summed E-state index contributed by atoms with van der Waals surface area (Å²) in [5.41, 5.74) is 4.26. The number of hydrogen-bond donors (Lipinski definition) is 2. The van der Waals surface area contributed by atoms with Gasteiger partial charge in [0.2, 0.25) is 0 Å². The molecule has 1 atom stereocenters. The highest BCUT2D eigenvalue weighted by Crippen LogP contribution is 2.31. The van der Waals surface area contributed by atoms with Gasteiger partial charge in [-0.05, 0) is 49.2 Å². The van der Waals surface area contributed by atoms with Gasteiger partial charge in [0.15, 0.2) is 0 Å². The van der Waals surface area contributed by atoms with E-state index in [0.29, 0.717) is 22.9 Å². The lowest BCUT2D eigenvalue weighted by Crippen LogP contribution is -2.43. The van der Waals surface area contributed by atoms with E-state index >= 15 is 0 Å². The van der Waals surface area contributed by atoms with Gasteiger partial charge in [0.05, 0.1) is 10.6 Å². The molecular weight excluding hydrogens is 502 g/mol. The Morgan fingerprint density at radius 3 is 2.55 bits per heavy atom. The van der Waals surface area contributed by atoms with Crippen LogP contribution in [0.25, 0.3) is 22.4 Å². The molecule has 1 saturated heterocycles. The molecule has 3 heterocycles. The lowest BCUT2D eigenvalue weighted by molar-refractivity contribution is -0.384. The Kier molecular flexibility index (Phi) is 7.48. The van der Waals surface area contributed by atoms with Gasteiger partial charge in [-0.15, -0.1) is 0 Å². The number of nitro groups is 1. The Bertz CT molecular complexity index is 1460. The predicted octanol–water partition coefficient (Wildman–Crippen LogP) is 5.66. The predicted molar refractivity (Wildman–Crippen MR) is 151 cm³/mol. The van der Waals surface area contributed by atoms with Crippen molar-refractivity contribution in [3.05, 3.63) is 93.4 Å². The third-order valence-corrected chi connectivity index (χ3v) is 6.87. The summed E-state index contributed by atoms with van der Waals surface area (Å²) in [6.45, 7) is 7.73. The van der Waals surface area contributed by atoms with Crippen LogP contribution in [0.15, 0.2) is 66.9 Å². The number of piperazine rings is 1. The highest BCUT2D eigenvalue weighted by atomic mass is 35.5. The maximum Gasteiger partial charge on any atom is 0.288 e. The summed E-state index contributed by atoms with van der Waals surface area (Å²) in [6.07, 6.45) is 1.93. The minimum absolute atomic E-state index is 0.0512. The van der Waals surface area contributed by atoms with Gasteiger partial charge in [-0.1, -0.05) is 35.9 Å². The van der Waals surface area contributed by atoms with Crippen molar-refractivity contribution in [1.29, 1.82) is 0 Å². The normalized spacial score (nSPS) is 14.2. The zero-order chi connectivity index (χ0) is 26.6. The van der Waals surface area contributed by atoms with Crippen molar-refractivity contribution in [2.45, 2.75) is 19.9 Å². The number of anilines is 2. The number of nitrogens with zero attached hydrogens (tertiary/aromatic N) is 5. The van der Waals surface area contributed by atoms with Crippen LogP contribution in [-0.4, -0.2) is 46.1 Å². The zero-order valence-electron chi connectivity index (χ0n) is 21.2. The van der Waals surface area contributed by atoms with E-state index in [2.05, 4.69) is 62.8 Å². The zero-order valence-corrected chi connectivity index (χ0v) is 21.9. The van der Waals surface area contributed by atoms with E-state index in [1.807, 2.05) is 12.3 Å². The van der Waals surface area contributed by atoms with E-state index in [1.54, 1.807) is 19.1 Å². The van der Waals surface area contributed by atoms with Crippen molar-refractivity contribution in [3.8, 4) is 22.4 Å². The molecule has 0 bridgehead atoms. The van der Waals surface area contributed by atoms with E-state index in [4.69, 9.17) is 16.6 Å². The number of halogens is 1. The molecule has 9 nitrogen and oxygen atoms in total. The Morgan fingerprint density at radius 1 is 1.03 bits per heavy atom. The molecule has 1 fully saturated rings. The Labute approximate surface area is 226 Å². The molecule has 4 aromatic rings. The van der Waals surface area contributed by atoms with E-state index in [0.717, 1.165) is 48.7 Å². The maximum absolute atomic E-state index is 11.3. The first-order valence-electron chi connectivity index (χ1n) is 12.5. The first-order chi connectivity index (χ1) is 18.4. The fourth-order valence-electron chi connectivity index (χ4n) is 4.53. The molecular formula is C28H28ClN7O2. The lowest BCUT2D eigenvalue weighted by atomic mass is 10.0. The van der Waals surface area contributed by atoms with Crippen LogP contribution in [-0.2, 0) is 0 Å². The van der Waals surface area contributed by atoms with Crippen LogP contribution in [0.3, 0.4) is 0 Å². The Balaban J connectivity index is 1.34. The molecule has 0 aliphatic carbocycles. The van der Waals surface area contributed by atoms with Gasteiger partial charge < -0.3 is 15.5 Å². The van der Waals surface area contributed by atoms with E-state index in [9.17, 15) is 10.1 Å². The Morgan fingerprint density at radius 2 is 1.82 bits per heavy atom. The molecule has 2 N–H and O–H groups in total. The van der Waals surface area contributed by atoms with Gasteiger partial charge in [-0.25, -0.2) is 15.0 Å². The van der Waals surface area contributed by atoms with Crippen molar-refractivity contribution < 1.29 is 4.92 Å². The molecule has 1 aliphatic rings. The SMILES string of the molecule is Cc1nc(N[C@@H](C)c2cccc(-c3ccc(N4CCNCC4)nc3)c2)cc(-c2ccc(Cl)c([N+](=O)[O-])c2)n1. The maximum atomic E-state index is 11.3. The van der Waals surface area contributed by atoms with Crippen molar-refractivity contribution in [2.75, 3.05) is 36.4 Å². The monoisotopic (exact) mass is 529 g/mol. The summed E-state index contributed by atoms with van der Waals surface area (Å²) < 4.78 is 0. The van der Waals surface area contributed by atoms with Gasteiger partial charge in [0.1, 0.15) is 22.5 Å². The number of aryl methyl sites for hydroxylation is 1. The van der Waals surface area contributed by atoms with Crippen molar-refractivity contribution in [3.63, 3.8) is 0 Å². The number of nitrogens with one attached hydrogen (secondary N) is 2. The van der Waals surface area contributed by atoms with Crippen LogP contribution in [0.4, 0.5) is 17.3 Å². The largest absolute Gasteiger partial charge is 0.363 e. The molecule has 2 aromatic carbocycles. The summed E-state index contributed by atoms with van der Waals surface area (Å²) in [4.78, 5) is 26.8. The van der Waals surface area contributed by atoms with Gasteiger partial charge in [0, 0.05) is 61.7 Å².